The van der Waals surface area contributed by atoms with Crippen molar-refractivity contribution in [1.82, 2.24) is 9.62 Å². The lowest BCUT2D eigenvalue weighted by molar-refractivity contribution is -0.115. The zero-order valence-electron chi connectivity index (χ0n) is 16.6. The molecule has 27 heavy (non-hydrogen) atoms. The summed E-state index contributed by atoms with van der Waals surface area (Å²) in [7, 11) is -3.61. The van der Waals surface area contributed by atoms with Gasteiger partial charge in [-0.1, -0.05) is 27.7 Å². The third-order valence-electron chi connectivity index (χ3n) is 4.09. The number of carbonyl (C=O) groups is 1. The van der Waals surface area contributed by atoms with E-state index < -0.39 is 10.0 Å². The Morgan fingerprint density at radius 2 is 1.85 bits per heavy atom. The van der Waals surface area contributed by atoms with Crippen LogP contribution in [0.25, 0.3) is 0 Å². The van der Waals surface area contributed by atoms with Crippen molar-refractivity contribution >= 4 is 33.4 Å². The second-order valence-corrected chi connectivity index (χ2v) is 10.7. The molecule has 1 aliphatic rings. The standard InChI is InChI=1S/C19H31N3O3S2/c1-14(2)12-22(13-15(3)4)9-8-20-27(24,25)16-5-6-18-17(11-16)21-19(23)7-10-26-18/h5-6,11,14-15,20H,7-10,12-13H2,1-4H3,(H,21,23). The van der Waals surface area contributed by atoms with Crippen LogP contribution in [0.15, 0.2) is 28.0 Å². The molecule has 152 valence electrons. The number of nitrogens with zero attached hydrogens (tertiary/aromatic N) is 1. The molecule has 0 fully saturated rings. The minimum absolute atomic E-state index is 0.0817. The average Bonchev–Trinajstić information content (AvgIpc) is 2.73. The SMILES string of the molecule is CC(C)CN(CCNS(=O)(=O)c1ccc2c(c1)NC(=O)CCS2)CC(C)C. The van der Waals surface area contributed by atoms with Gasteiger partial charge >= 0.3 is 0 Å². The number of hydrogen-bond donors (Lipinski definition) is 2. The van der Waals surface area contributed by atoms with Crippen LogP contribution in [0.2, 0.25) is 0 Å². The van der Waals surface area contributed by atoms with E-state index in [1.807, 2.05) is 0 Å². The van der Waals surface area contributed by atoms with Gasteiger partial charge in [0, 0.05) is 43.2 Å². The number of thioether (sulfide) groups is 1. The lowest BCUT2D eigenvalue weighted by atomic mass is 10.1. The number of hydrogen-bond acceptors (Lipinski definition) is 5. The molecule has 8 heteroatoms. The molecule has 0 atom stereocenters. The molecular weight excluding hydrogens is 382 g/mol. The van der Waals surface area contributed by atoms with E-state index in [0.29, 0.717) is 42.8 Å². The first-order valence-electron chi connectivity index (χ1n) is 9.46. The highest BCUT2D eigenvalue weighted by Gasteiger charge is 2.19. The molecule has 2 N–H and O–H groups in total. The summed E-state index contributed by atoms with van der Waals surface area (Å²) in [6.07, 6.45) is 0.432. The van der Waals surface area contributed by atoms with Crippen molar-refractivity contribution in [3.05, 3.63) is 18.2 Å². The van der Waals surface area contributed by atoms with Gasteiger partial charge in [-0.25, -0.2) is 13.1 Å². The molecule has 0 bridgehead atoms. The van der Waals surface area contributed by atoms with Crippen LogP contribution < -0.4 is 10.0 Å². The van der Waals surface area contributed by atoms with Gasteiger partial charge in [-0.15, -0.1) is 11.8 Å². The number of anilines is 1. The number of carbonyl (C=O) groups excluding carboxylic acids is 1. The summed E-state index contributed by atoms with van der Waals surface area (Å²) in [5, 5.41) is 2.79. The second kappa shape index (κ2) is 9.91. The van der Waals surface area contributed by atoms with Gasteiger partial charge in [-0.2, -0.15) is 0 Å². The van der Waals surface area contributed by atoms with Gasteiger partial charge in [-0.3, -0.25) is 4.79 Å². The Balaban J connectivity index is 2.02. The first kappa shape index (κ1) is 22.2. The molecule has 1 heterocycles. The van der Waals surface area contributed by atoms with Crippen molar-refractivity contribution in [2.45, 2.75) is 43.9 Å². The first-order chi connectivity index (χ1) is 12.7. The fourth-order valence-electron chi connectivity index (χ4n) is 3.08. The number of sulfonamides is 1. The second-order valence-electron chi connectivity index (χ2n) is 7.75. The molecule has 1 aliphatic heterocycles. The van der Waals surface area contributed by atoms with Crippen LogP contribution in [-0.2, 0) is 14.8 Å². The molecule has 2 rings (SSSR count). The van der Waals surface area contributed by atoms with Crippen LogP contribution in [0.5, 0.6) is 0 Å². The number of nitrogens with one attached hydrogen (secondary N) is 2. The Morgan fingerprint density at radius 3 is 2.48 bits per heavy atom. The van der Waals surface area contributed by atoms with E-state index in [0.717, 1.165) is 18.0 Å². The molecule has 6 nitrogen and oxygen atoms in total. The molecule has 0 radical (unpaired) electrons. The maximum absolute atomic E-state index is 12.7. The van der Waals surface area contributed by atoms with Crippen molar-refractivity contribution in [2.24, 2.45) is 11.8 Å². The predicted molar refractivity (Wildman–Crippen MR) is 112 cm³/mol. The van der Waals surface area contributed by atoms with Gasteiger partial charge in [0.25, 0.3) is 0 Å². The summed E-state index contributed by atoms with van der Waals surface area (Å²) in [4.78, 5) is 15.1. The van der Waals surface area contributed by atoms with Crippen molar-refractivity contribution in [3.8, 4) is 0 Å². The molecule has 1 aromatic rings. The maximum Gasteiger partial charge on any atom is 0.240 e. The fourth-order valence-corrected chi connectivity index (χ4v) is 5.06. The Bertz CT molecular complexity index is 739. The van der Waals surface area contributed by atoms with E-state index >= 15 is 0 Å². The summed E-state index contributed by atoms with van der Waals surface area (Å²) >= 11 is 1.56. The molecule has 0 aliphatic carbocycles. The lowest BCUT2D eigenvalue weighted by Crippen LogP contribution is -2.38. The summed E-state index contributed by atoms with van der Waals surface area (Å²) < 4.78 is 28.0. The number of rotatable bonds is 9. The van der Waals surface area contributed by atoms with Gasteiger partial charge < -0.3 is 10.2 Å². The third-order valence-corrected chi connectivity index (χ3v) is 6.62. The van der Waals surface area contributed by atoms with Crippen LogP contribution in [0.4, 0.5) is 5.69 Å². The molecule has 0 saturated carbocycles. The average molecular weight is 414 g/mol. The van der Waals surface area contributed by atoms with E-state index in [9.17, 15) is 13.2 Å². The largest absolute Gasteiger partial charge is 0.325 e. The zero-order chi connectivity index (χ0) is 20.0. The smallest absolute Gasteiger partial charge is 0.240 e. The van der Waals surface area contributed by atoms with E-state index in [2.05, 4.69) is 42.6 Å². The molecule has 0 saturated heterocycles. The number of benzene rings is 1. The minimum atomic E-state index is -3.61. The Kier molecular flexibility index (Phi) is 8.15. The minimum Gasteiger partial charge on any atom is -0.325 e. The first-order valence-corrected chi connectivity index (χ1v) is 11.9. The van der Waals surface area contributed by atoms with Gasteiger partial charge in [0.15, 0.2) is 0 Å². The van der Waals surface area contributed by atoms with Crippen molar-refractivity contribution < 1.29 is 13.2 Å². The van der Waals surface area contributed by atoms with E-state index in [1.165, 1.54) is 0 Å². The molecular formula is C19H31N3O3S2. The van der Waals surface area contributed by atoms with E-state index in [-0.39, 0.29) is 10.8 Å². The predicted octanol–water partition coefficient (Wildman–Crippen LogP) is 3.01. The molecule has 0 spiro atoms. The lowest BCUT2D eigenvalue weighted by Gasteiger charge is -2.26. The van der Waals surface area contributed by atoms with Gasteiger partial charge in [0.05, 0.1) is 10.6 Å². The van der Waals surface area contributed by atoms with Crippen LogP contribution >= 0.6 is 11.8 Å². The highest BCUT2D eigenvalue weighted by molar-refractivity contribution is 7.99. The van der Waals surface area contributed by atoms with E-state index in [1.54, 1.807) is 30.0 Å². The Morgan fingerprint density at radius 1 is 1.19 bits per heavy atom. The summed E-state index contributed by atoms with van der Waals surface area (Å²) in [6, 6.07) is 4.92. The highest BCUT2D eigenvalue weighted by atomic mass is 32.2. The molecule has 0 unspecified atom stereocenters. The number of fused-ring (bicyclic) bond motifs is 1. The fraction of sp³-hybridized carbons (Fsp3) is 0.632. The topological polar surface area (TPSA) is 78.5 Å². The molecule has 1 aromatic carbocycles. The van der Waals surface area contributed by atoms with Gasteiger partial charge in [0.2, 0.25) is 15.9 Å². The van der Waals surface area contributed by atoms with Crippen molar-refractivity contribution in [2.75, 3.05) is 37.2 Å². The summed E-state index contributed by atoms with van der Waals surface area (Å²) in [5.41, 5.74) is 0.576. The quantitative estimate of drug-likeness (QED) is 0.651. The Hall–Kier alpha value is -1.09. The van der Waals surface area contributed by atoms with Crippen LogP contribution in [-0.4, -0.2) is 51.2 Å². The van der Waals surface area contributed by atoms with Crippen LogP contribution in [0.1, 0.15) is 34.1 Å². The van der Waals surface area contributed by atoms with Crippen molar-refractivity contribution in [1.29, 1.82) is 0 Å². The van der Waals surface area contributed by atoms with Crippen molar-refractivity contribution in [3.63, 3.8) is 0 Å². The monoisotopic (exact) mass is 413 g/mol. The number of amides is 1. The third kappa shape index (κ3) is 7.10. The van der Waals surface area contributed by atoms with Gasteiger partial charge in [0.1, 0.15) is 0 Å². The highest BCUT2D eigenvalue weighted by Crippen LogP contribution is 2.32. The zero-order valence-corrected chi connectivity index (χ0v) is 18.3. The van der Waals surface area contributed by atoms with E-state index in [4.69, 9.17) is 0 Å². The maximum atomic E-state index is 12.7. The molecule has 1 amide bonds. The van der Waals surface area contributed by atoms with Crippen LogP contribution in [0.3, 0.4) is 0 Å². The Labute approximate surface area is 167 Å². The summed E-state index contributed by atoms with van der Waals surface area (Å²) in [5.74, 6) is 1.68. The molecule has 0 aromatic heterocycles. The normalized spacial score (nSPS) is 15.1. The van der Waals surface area contributed by atoms with Crippen LogP contribution in [0, 0.1) is 11.8 Å². The summed E-state index contributed by atoms with van der Waals surface area (Å²) in [6.45, 7) is 11.6. The van der Waals surface area contributed by atoms with Gasteiger partial charge in [-0.05, 0) is 30.0 Å².